The largest absolute Gasteiger partial charge is 0.506 e. The average Bonchev–Trinajstić information content (AvgIpc) is 2.63. The van der Waals surface area contributed by atoms with Crippen molar-refractivity contribution >= 4 is 23.1 Å². The molecule has 0 bridgehead atoms. The first-order chi connectivity index (χ1) is 13.2. The lowest BCUT2D eigenvalue weighted by atomic mass is 9.80. The van der Waals surface area contributed by atoms with Gasteiger partial charge in [0.2, 0.25) is 5.78 Å². The number of hydrogen-bond donors (Lipinski definition) is 1. The van der Waals surface area contributed by atoms with Crippen molar-refractivity contribution in [1.82, 2.24) is 0 Å². The zero-order valence-corrected chi connectivity index (χ0v) is 15.8. The lowest BCUT2D eigenvalue weighted by Crippen LogP contribution is -2.24. The molecule has 1 aliphatic rings. The van der Waals surface area contributed by atoms with E-state index in [2.05, 4.69) is 0 Å². The van der Waals surface area contributed by atoms with Gasteiger partial charge in [-0.2, -0.15) is 0 Å². The maximum atomic E-state index is 13.2. The van der Waals surface area contributed by atoms with Gasteiger partial charge in [-0.05, 0) is 37.6 Å². The van der Waals surface area contributed by atoms with Crippen LogP contribution < -0.4 is 9.47 Å². The Morgan fingerprint density at radius 1 is 0.964 bits per heavy atom. The molecular formula is C21H18O7. The molecule has 1 N–H and O–H groups in total. The van der Waals surface area contributed by atoms with Crippen LogP contribution in [0.4, 0.5) is 0 Å². The van der Waals surface area contributed by atoms with Gasteiger partial charge in [-0.15, -0.1) is 0 Å². The highest BCUT2D eigenvalue weighted by molar-refractivity contribution is 6.32. The minimum Gasteiger partial charge on any atom is -0.506 e. The highest BCUT2D eigenvalue weighted by atomic mass is 16.5. The van der Waals surface area contributed by atoms with Crippen LogP contribution in [0.25, 0.3) is 0 Å². The van der Waals surface area contributed by atoms with Gasteiger partial charge in [0.15, 0.2) is 11.6 Å². The number of rotatable bonds is 5. The lowest BCUT2D eigenvalue weighted by molar-refractivity contribution is -0.116. The summed E-state index contributed by atoms with van der Waals surface area (Å²) in [6.07, 6.45) is -0.414. The Kier molecular flexibility index (Phi) is 4.77. The minimum absolute atomic E-state index is 0.0292. The third kappa shape index (κ3) is 2.76. The van der Waals surface area contributed by atoms with Crippen LogP contribution >= 0.6 is 0 Å². The summed E-state index contributed by atoms with van der Waals surface area (Å²) in [6.45, 7) is 2.79. The Morgan fingerprint density at radius 2 is 1.50 bits per heavy atom. The van der Waals surface area contributed by atoms with E-state index < -0.39 is 29.5 Å². The Labute approximate surface area is 160 Å². The van der Waals surface area contributed by atoms with Crippen molar-refractivity contribution in [2.45, 2.75) is 20.3 Å². The number of aryl methyl sites for hydroxylation is 1. The first kappa shape index (κ1) is 19.3. The Hall–Kier alpha value is -3.48. The highest BCUT2D eigenvalue weighted by Crippen LogP contribution is 2.42. The van der Waals surface area contributed by atoms with Crippen LogP contribution in [-0.4, -0.2) is 42.5 Å². The molecule has 2 aromatic rings. The lowest BCUT2D eigenvalue weighted by Gasteiger charge is -2.23. The molecule has 3 rings (SSSR count). The van der Waals surface area contributed by atoms with E-state index in [4.69, 9.17) is 9.47 Å². The van der Waals surface area contributed by atoms with Crippen molar-refractivity contribution in [3.8, 4) is 17.2 Å². The van der Waals surface area contributed by atoms with Gasteiger partial charge >= 0.3 is 0 Å². The van der Waals surface area contributed by atoms with Crippen LogP contribution in [0.5, 0.6) is 17.2 Å². The smallest absolute Gasteiger partial charge is 0.202 e. The maximum absolute atomic E-state index is 13.2. The molecule has 28 heavy (non-hydrogen) atoms. The van der Waals surface area contributed by atoms with Crippen molar-refractivity contribution in [3.63, 3.8) is 0 Å². The summed E-state index contributed by atoms with van der Waals surface area (Å²) in [5, 5.41) is 10.7. The number of carbonyl (C=O) groups excluding carboxylic acids is 4. The Balaban J connectivity index is 2.32. The molecule has 7 nitrogen and oxygen atoms in total. The van der Waals surface area contributed by atoms with Crippen molar-refractivity contribution in [2.24, 2.45) is 0 Å². The molecule has 0 radical (unpaired) electrons. The second kappa shape index (κ2) is 6.92. The van der Waals surface area contributed by atoms with E-state index >= 15 is 0 Å². The number of aromatic hydroxyl groups is 1. The van der Waals surface area contributed by atoms with Gasteiger partial charge in [-0.3, -0.25) is 19.2 Å². The van der Waals surface area contributed by atoms with Gasteiger partial charge in [0.05, 0.1) is 42.9 Å². The van der Waals surface area contributed by atoms with E-state index in [1.807, 2.05) is 0 Å². The molecule has 144 valence electrons. The molecule has 0 atom stereocenters. The molecule has 0 spiro atoms. The van der Waals surface area contributed by atoms with E-state index in [0.29, 0.717) is 5.56 Å². The number of phenolic OH excluding ortho intramolecular Hbond substituents is 1. The number of carbonyl (C=O) groups is 4. The van der Waals surface area contributed by atoms with Gasteiger partial charge < -0.3 is 14.6 Å². The topological polar surface area (TPSA) is 107 Å². The van der Waals surface area contributed by atoms with Crippen LogP contribution in [0.1, 0.15) is 61.1 Å². The number of fused-ring (bicyclic) bond motifs is 2. The second-order valence-corrected chi connectivity index (χ2v) is 6.52. The third-order valence-electron chi connectivity index (χ3n) is 4.68. The zero-order valence-electron chi connectivity index (χ0n) is 15.8. The fourth-order valence-corrected chi connectivity index (χ4v) is 3.49. The van der Waals surface area contributed by atoms with Crippen molar-refractivity contribution in [1.29, 1.82) is 0 Å². The Bertz CT molecular complexity index is 1060. The quantitative estimate of drug-likeness (QED) is 0.534. The molecule has 7 heteroatoms. The fraction of sp³-hybridized carbons (Fsp3) is 0.238. The zero-order chi connectivity index (χ0) is 20.7. The van der Waals surface area contributed by atoms with Gasteiger partial charge in [0.1, 0.15) is 23.0 Å². The normalized spacial score (nSPS) is 12.3. The minimum atomic E-state index is -0.658. The molecule has 0 aromatic heterocycles. The average molecular weight is 382 g/mol. The SMILES string of the molecule is COc1ccc(OC)c2c1C(=O)c1cc(C)c(C(=O)CC(C)=O)c(O)c1C2=O. The molecule has 2 aromatic carbocycles. The first-order valence-corrected chi connectivity index (χ1v) is 8.46. The van der Waals surface area contributed by atoms with Gasteiger partial charge in [-0.25, -0.2) is 0 Å². The fourth-order valence-electron chi connectivity index (χ4n) is 3.49. The highest BCUT2D eigenvalue weighted by Gasteiger charge is 2.39. The molecule has 0 saturated heterocycles. The van der Waals surface area contributed by atoms with Crippen molar-refractivity contribution < 1.29 is 33.8 Å². The summed E-state index contributed by atoms with van der Waals surface area (Å²) >= 11 is 0. The predicted molar refractivity (Wildman–Crippen MR) is 98.9 cm³/mol. The Morgan fingerprint density at radius 3 is 2.00 bits per heavy atom. The predicted octanol–water partition coefficient (Wildman–Crippen LogP) is 2.66. The number of ketones is 4. The molecular weight excluding hydrogens is 364 g/mol. The summed E-state index contributed by atoms with van der Waals surface area (Å²) in [7, 11) is 2.73. The van der Waals surface area contributed by atoms with E-state index in [9.17, 15) is 24.3 Å². The maximum Gasteiger partial charge on any atom is 0.202 e. The van der Waals surface area contributed by atoms with Crippen molar-refractivity contribution in [2.75, 3.05) is 14.2 Å². The van der Waals surface area contributed by atoms with E-state index in [1.165, 1.54) is 46.3 Å². The van der Waals surface area contributed by atoms with E-state index in [0.717, 1.165) is 0 Å². The molecule has 0 unspecified atom stereocenters. The first-order valence-electron chi connectivity index (χ1n) is 8.46. The standard InChI is InChI=1S/C21H18O7/c1-9-7-11-16(20(25)15(9)12(23)8-10(2)22)21(26)18-14(28-4)6-5-13(27-3)17(18)19(11)24/h5-7,25H,8H2,1-4H3. The van der Waals surface area contributed by atoms with Crippen LogP contribution in [0.2, 0.25) is 0 Å². The van der Waals surface area contributed by atoms with Gasteiger partial charge in [0.25, 0.3) is 0 Å². The second-order valence-electron chi connectivity index (χ2n) is 6.52. The summed E-state index contributed by atoms with van der Waals surface area (Å²) in [4.78, 5) is 50.1. The molecule has 0 aliphatic heterocycles. The van der Waals surface area contributed by atoms with Crippen LogP contribution in [0.15, 0.2) is 18.2 Å². The molecule has 0 amide bonds. The molecule has 0 fully saturated rings. The van der Waals surface area contributed by atoms with E-state index in [-0.39, 0.29) is 45.1 Å². The van der Waals surface area contributed by atoms with Crippen LogP contribution in [0, 0.1) is 6.92 Å². The third-order valence-corrected chi connectivity index (χ3v) is 4.68. The van der Waals surface area contributed by atoms with Crippen LogP contribution in [0.3, 0.4) is 0 Å². The van der Waals surface area contributed by atoms with Crippen molar-refractivity contribution in [3.05, 3.63) is 51.6 Å². The summed E-state index contributed by atoms with van der Waals surface area (Å²) in [6, 6.07) is 4.39. The summed E-state index contributed by atoms with van der Waals surface area (Å²) < 4.78 is 10.4. The van der Waals surface area contributed by atoms with E-state index in [1.54, 1.807) is 0 Å². The summed E-state index contributed by atoms with van der Waals surface area (Å²) in [5.41, 5.74) is -0.140. The van der Waals surface area contributed by atoms with Gasteiger partial charge in [0, 0.05) is 5.56 Å². The van der Waals surface area contributed by atoms with Gasteiger partial charge in [-0.1, -0.05) is 0 Å². The number of benzene rings is 2. The number of ether oxygens (including phenoxy) is 2. The number of phenols is 1. The number of methoxy groups -OCH3 is 2. The molecule has 0 heterocycles. The monoisotopic (exact) mass is 382 g/mol. The molecule has 1 aliphatic carbocycles. The molecule has 0 saturated carbocycles. The number of Topliss-reactive ketones (excluding diaryl/α,β-unsaturated/α-hetero) is 2. The summed E-state index contributed by atoms with van der Waals surface area (Å²) in [5.74, 6) is -2.42. The van der Waals surface area contributed by atoms with Crippen LogP contribution in [-0.2, 0) is 4.79 Å². The number of hydrogen-bond acceptors (Lipinski definition) is 7.